The van der Waals surface area contributed by atoms with Crippen LogP contribution in [0, 0.1) is 18.3 Å². The second-order valence-electron chi connectivity index (χ2n) is 5.52. The molecule has 8 heteroatoms. The summed E-state index contributed by atoms with van der Waals surface area (Å²) in [5.41, 5.74) is 2.16. The lowest BCUT2D eigenvalue weighted by Gasteiger charge is -2.18. The van der Waals surface area contributed by atoms with Gasteiger partial charge in [0.15, 0.2) is 0 Å². The maximum absolute atomic E-state index is 9.63. The quantitative estimate of drug-likeness (QED) is 0.738. The number of hydrogen-bond acceptors (Lipinski definition) is 7. The van der Waals surface area contributed by atoms with E-state index >= 15 is 0 Å². The zero-order valence-electron chi connectivity index (χ0n) is 14.0. The van der Waals surface area contributed by atoms with Crippen LogP contribution in [0.1, 0.15) is 42.4 Å². The van der Waals surface area contributed by atoms with E-state index in [2.05, 4.69) is 36.4 Å². The van der Waals surface area contributed by atoms with Crippen LogP contribution in [0.2, 0.25) is 0 Å². The molecule has 0 fully saturated rings. The van der Waals surface area contributed by atoms with E-state index in [4.69, 9.17) is 0 Å². The molecule has 0 bridgehead atoms. The van der Waals surface area contributed by atoms with Crippen molar-refractivity contribution in [1.82, 2.24) is 29.7 Å². The molecule has 0 radical (unpaired) electrons. The van der Waals surface area contributed by atoms with Crippen molar-refractivity contribution in [2.75, 3.05) is 5.32 Å². The smallest absolute Gasteiger partial charge is 0.224 e. The molecule has 0 spiro atoms. The van der Waals surface area contributed by atoms with Crippen molar-refractivity contribution >= 4 is 5.95 Å². The second kappa shape index (κ2) is 7.49. The second-order valence-corrected chi connectivity index (χ2v) is 5.52. The molecule has 0 aliphatic rings. The van der Waals surface area contributed by atoms with Gasteiger partial charge in [-0.25, -0.2) is 19.6 Å². The molecule has 3 aromatic heterocycles. The molecule has 2 atom stereocenters. The molecule has 0 aliphatic heterocycles. The number of aryl methyl sites for hydroxylation is 1. The topological polar surface area (TPSA) is 105 Å². The number of anilines is 1. The molecule has 3 aromatic rings. The normalized spacial score (nSPS) is 13.0. The highest BCUT2D eigenvalue weighted by molar-refractivity contribution is 5.38. The molecule has 2 unspecified atom stereocenters. The van der Waals surface area contributed by atoms with Gasteiger partial charge in [-0.2, -0.15) is 10.4 Å². The molecule has 0 saturated heterocycles. The van der Waals surface area contributed by atoms with E-state index in [0.29, 0.717) is 17.3 Å². The summed E-state index contributed by atoms with van der Waals surface area (Å²) in [5, 5.41) is 17.0. The van der Waals surface area contributed by atoms with Crippen LogP contribution in [0.15, 0.2) is 43.2 Å². The number of nitriles is 1. The minimum Gasteiger partial charge on any atom is -0.332 e. The Bertz CT molecular complexity index is 854. The SMILES string of the molecule is CCC(Nc1ncc(C)c(C(C#N)c2ccccn2)n1)n1cncn1. The molecule has 8 nitrogen and oxygen atoms in total. The molecule has 126 valence electrons. The van der Waals surface area contributed by atoms with Gasteiger partial charge in [-0.05, 0) is 31.0 Å². The van der Waals surface area contributed by atoms with Gasteiger partial charge in [0, 0.05) is 12.4 Å². The lowest BCUT2D eigenvalue weighted by atomic mass is 9.99. The average molecular weight is 334 g/mol. The summed E-state index contributed by atoms with van der Waals surface area (Å²) in [5.74, 6) is -0.102. The molecule has 1 N–H and O–H groups in total. The summed E-state index contributed by atoms with van der Waals surface area (Å²) in [6, 6.07) is 7.80. The average Bonchev–Trinajstić information content (AvgIpc) is 3.18. The van der Waals surface area contributed by atoms with Gasteiger partial charge < -0.3 is 5.32 Å². The first-order valence-electron chi connectivity index (χ1n) is 7.97. The van der Waals surface area contributed by atoms with E-state index in [1.54, 1.807) is 23.4 Å². The molecule has 0 aromatic carbocycles. The van der Waals surface area contributed by atoms with E-state index in [1.165, 1.54) is 6.33 Å². The van der Waals surface area contributed by atoms with Crippen LogP contribution in [-0.2, 0) is 0 Å². The third kappa shape index (κ3) is 3.61. The lowest BCUT2D eigenvalue weighted by molar-refractivity contribution is 0.485. The molecule has 0 aliphatic carbocycles. The lowest BCUT2D eigenvalue weighted by Crippen LogP contribution is -2.20. The van der Waals surface area contributed by atoms with Crippen LogP contribution in [0.25, 0.3) is 0 Å². The number of hydrogen-bond donors (Lipinski definition) is 1. The number of nitrogens with zero attached hydrogens (tertiary/aromatic N) is 7. The van der Waals surface area contributed by atoms with Crippen LogP contribution < -0.4 is 5.32 Å². The molecule has 3 rings (SSSR count). The molecule has 3 heterocycles. The van der Waals surface area contributed by atoms with Crippen LogP contribution in [0.4, 0.5) is 5.95 Å². The van der Waals surface area contributed by atoms with Gasteiger partial charge in [0.05, 0.1) is 17.5 Å². The van der Waals surface area contributed by atoms with Crippen molar-refractivity contribution in [3.63, 3.8) is 0 Å². The van der Waals surface area contributed by atoms with Gasteiger partial charge in [0.25, 0.3) is 0 Å². The van der Waals surface area contributed by atoms with Gasteiger partial charge in [0.1, 0.15) is 24.7 Å². The highest BCUT2D eigenvalue weighted by Gasteiger charge is 2.20. The molecular formula is C17H18N8. The van der Waals surface area contributed by atoms with Crippen LogP contribution in [0.5, 0.6) is 0 Å². The van der Waals surface area contributed by atoms with E-state index < -0.39 is 5.92 Å². The summed E-state index contributed by atoms with van der Waals surface area (Å²) in [6.07, 6.45) is 7.17. The van der Waals surface area contributed by atoms with Crippen molar-refractivity contribution in [3.8, 4) is 6.07 Å². The van der Waals surface area contributed by atoms with Crippen molar-refractivity contribution < 1.29 is 0 Å². The van der Waals surface area contributed by atoms with E-state index in [9.17, 15) is 5.26 Å². The van der Waals surface area contributed by atoms with Crippen LogP contribution in [0.3, 0.4) is 0 Å². The summed E-state index contributed by atoms with van der Waals surface area (Å²) >= 11 is 0. The van der Waals surface area contributed by atoms with Crippen molar-refractivity contribution in [3.05, 3.63) is 60.2 Å². The van der Waals surface area contributed by atoms with E-state index in [1.807, 2.05) is 32.0 Å². The largest absolute Gasteiger partial charge is 0.332 e. The fourth-order valence-corrected chi connectivity index (χ4v) is 2.51. The third-order valence-corrected chi connectivity index (χ3v) is 3.84. The Hall–Kier alpha value is -3.34. The van der Waals surface area contributed by atoms with E-state index in [0.717, 1.165) is 12.0 Å². The van der Waals surface area contributed by atoms with E-state index in [-0.39, 0.29) is 6.17 Å². The summed E-state index contributed by atoms with van der Waals surface area (Å²) < 4.78 is 1.71. The monoisotopic (exact) mass is 334 g/mol. The van der Waals surface area contributed by atoms with Gasteiger partial charge in [0.2, 0.25) is 5.95 Å². The Labute approximate surface area is 145 Å². The third-order valence-electron chi connectivity index (χ3n) is 3.84. The highest BCUT2D eigenvalue weighted by Crippen LogP contribution is 2.24. The number of nitrogens with one attached hydrogen (secondary N) is 1. The van der Waals surface area contributed by atoms with Gasteiger partial charge in [-0.15, -0.1) is 0 Å². The fraction of sp³-hybridized carbons (Fsp3) is 0.294. The first-order chi connectivity index (χ1) is 12.2. The molecular weight excluding hydrogens is 316 g/mol. The number of pyridine rings is 1. The Kier molecular flexibility index (Phi) is 4.95. The molecule has 0 amide bonds. The predicted molar refractivity (Wildman–Crippen MR) is 91.4 cm³/mol. The maximum Gasteiger partial charge on any atom is 0.224 e. The van der Waals surface area contributed by atoms with Crippen molar-refractivity contribution in [1.29, 1.82) is 5.26 Å². The zero-order chi connectivity index (χ0) is 17.6. The zero-order valence-corrected chi connectivity index (χ0v) is 14.0. The van der Waals surface area contributed by atoms with Gasteiger partial charge >= 0.3 is 0 Å². The summed E-state index contributed by atoms with van der Waals surface area (Å²) in [6.45, 7) is 3.92. The Balaban J connectivity index is 1.91. The first kappa shape index (κ1) is 16.5. The standard InChI is InChI=1S/C17H18N8/c1-3-15(25-11-19-10-22-25)23-17-21-9-12(2)16(24-17)13(8-18)14-6-4-5-7-20-14/h4-7,9-11,13,15H,3H2,1-2H3,(H,21,23,24). The highest BCUT2D eigenvalue weighted by atomic mass is 15.4. The van der Waals surface area contributed by atoms with Crippen LogP contribution in [-0.4, -0.2) is 29.7 Å². The Morgan fingerprint density at radius 2 is 2.20 bits per heavy atom. The Morgan fingerprint density at radius 1 is 1.32 bits per heavy atom. The molecule has 0 saturated carbocycles. The van der Waals surface area contributed by atoms with Crippen molar-refractivity contribution in [2.24, 2.45) is 0 Å². The Morgan fingerprint density at radius 3 is 2.84 bits per heavy atom. The number of rotatable bonds is 6. The minimum absolute atomic E-state index is 0.117. The fourth-order valence-electron chi connectivity index (χ4n) is 2.51. The predicted octanol–water partition coefficient (Wildman–Crippen LogP) is 2.45. The van der Waals surface area contributed by atoms with Gasteiger partial charge in [-0.3, -0.25) is 4.98 Å². The van der Waals surface area contributed by atoms with Crippen LogP contribution >= 0.6 is 0 Å². The number of aromatic nitrogens is 6. The van der Waals surface area contributed by atoms with Crippen molar-refractivity contribution in [2.45, 2.75) is 32.4 Å². The maximum atomic E-state index is 9.63. The minimum atomic E-state index is -0.545. The summed E-state index contributed by atoms with van der Waals surface area (Å²) in [4.78, 5) is 17.2. The molecule has 25 heavy (non-hydrogen) atoms. The van der Waals surface area contributed by atoms with Gasteiger partial charge in [-0.1, -0.05) is 13.0 Å². The first-order valence-corrected chi connectivity index (χ1v) is 7.97. The summed E-state index contributed by atoms with van der Waals surface area (Å²) in [7, 11) is 0.